The molecule has 1 aliphatic carbocycles. The predicted octanol–water partition coefficient (Wildman–Crippen LogP) is 5.12. The van der Waals surface area contributed by atoms with E-state index in [0.717, 1.165) is 46.1 Å². The molecule has 0 radical (unpaired) electrons. The van der Waals surface area contributed by atoms with Crippen molar-refractivity contribution in [2.24, 2.45) is 0 Å². The fourth-order valence-corrected chi connectivity index (χ4v) is 4.03. The number of benzene rings is 2. The summed E-state index contributed by atoms with van der Waals surface area (Å²) >= 11 is 1.57. The molecule has 0 atom stereocenters. The lowest BCUT2D eigenvalue weighted by molar-refractivity contribution is 0.410. The number of ether oxygens (including phenoxy) is 1. The first kappa shape index (κ1) is 17.0. The van der Waals surface area contributed by atoms with Crippen molar-refractivity contribution in [3.63, 3.8) is 0 Å². The number of halogens is 2. The molecule has 0 amide bonds. The maximum absolute atomic E-state index is 13.6. The molecule has 4 rings (SSSR count). The molecule has 0 bridgehead atoms. The van der Waals surface area contributed by atoms with Crippen LogP contribution in [0, 0.1) is 11.6 Å². The summed E-state index contributed by atoms with van der Waals surface area (Å²) in [5, 5.41) is 4.20. The minimum Gasteiger partial charge on any atom is -0.496 e. The monoisotopic (exact) mass is 372 g/mol. The lowest BCUT2D eigenvalue weighted by Crippen LogP contribution is -2.18. The average Bonchev–Trinajstić information content (AvgIpc) is 3.30. The Labute approximate surface area is 154 Å². The zero-order valence-electron chi connectivity index (χ0n) is 14.3. The molecule has 1 fully saturated rings. The third-order valence-corrected chi connectivity index (χ3v) is 5.59. The van der Waals surface area contributed by atoms with E-state index in [-0.39, 0.29) is 5.54 Å². The van der Waals surface area contributed by atoms with Crippen molar-refractivity contribution in [1.29, 1.82) is 0 Å². The highest BCUT2D eigenvalue weighted by molar-refractivity contribution is 7.15. The lowest BCUT2D eigenvalue weighted by atomic mass is 10.1. The first-order chi connectivity index (χ1) is 12.6. The smallest absolute Gasteiger partial charge is 0.183 e. The second-order valence-electron chi connectivity index (χ2n) is 6.46. The van der Waals surface area contributed by atoms with Crippen LogP contribution in [-0.4, -0.2) is 12.1 Å². The molecule has 3 nitrogen and oxygen atoms in total. The number of anilines is 1. The largest absolute Gasteiger partial charge is 0.496 e. The van der Waals surface area contributed by atoms with Gasteiger partial charge in [-0.15, -0.1) is 11.3 Å². The SMILES string of the molecule is COc1ccccc1Cc1cnc(NC2(c3ccc(F)c(F)c3)CC2)s1. The van der Waals surface area contributed by atoms with Gasteiger partial charge in [0.25, 0.3) is 0 Å². The molecule has 134 valence electrons. The minimum atomic E-state index is -0.821. The van der Waals surface area contributed by atoms with Crippen LogP contribution in [0.1, 0.15) is 28.8 Å². The van der Waals surface area contributed by atoms with Gasteiger partial charge in [0.05, 0.1) is 12.6 Å². The Morgan fingerprint density at radius 1 is 1.15 bits per heavy atom. The highest BCUT2D eigenvalue weighted by Crippen LogP contribution is 2.49. The van der Waals surface area contributed by atoms with Gasteiger partial charge in [-0.3, -0.25) is 0 Å². The van der Waals surface area contributed by atoms with Gasteiger partial charge in [0.2, 0.25) is 0 Å². The van der Waals surface area contributed by atoms with Crippen LogP contribution in [0.5, 0.6) is 5.75 Å². The van der Waals surface area contributed by atoms with Crippen LogP contribution in [0.25, 0.3) is 0 Å². The molecule has 3 aromatic rings. The standard InChI is InChI=1S/C20H18F2N2OS/c1-25-18-5-3-2-4-13(18)10-15-12-23-19(26-15)24-20(8-9-20)14-6-7-16(21)17(22)11-14/h2-7,11-12H,8-10H2,1H3,(H,23,24). The molecule has 26 heavy (non-hydrogen) atoms. The first-order valence-corrected chi connectivity index (χ1v) is 9.22. The van der Waals surface area contributed by atoms with Crippen LogP contribution in [0.15, 0.2) is 48.7 Å². The fourth-order valence-electron chi connectivity index (χ4n) is 3.09. The number of rotatable bonds is 6. The van der Waals surface area contributed by atoms with E-state index in [1.165, 1.54) is 12.1 Å². The molecule has 0 saturated heterocycles. The summed E-state index contributed by atoms with van der Waals surface area (Å²) in [6.07, 6.45) is 4.33. The van der Waals surface area contributed by atoms with Crippen LogP contribution >= 0.6 is 11.3 Å². The third-order valence-electron chi connectivity index (χ3n) is 4.68. The molecule has 1 aromatic heterocycles. The van der Waals surface area contributed by atoms with Crippen LogP contribution in [0.2, 0.25) is 0 Å². The number of methoxy groups -OCH3 is 1. The van der Waals surface area contributed by atoms with E-state index in [9.17, 15) is 8.78 Å². The summed E-state index contributed by atoms with van der Waals surface area (Å²) in [7, 11) is 1.66. The number of aromatic nitrogens is 1. The summed E-state index contributed by atoms with van der Waals surface area (Å²) in [6.45, 7) is 0. The number of nitrogens with one attached hydrogen (secondary N) is 1. The Morgan fingerprint density at radius 2 is 1.96 bits per heavy atom. The molecule has 0 unspecified atom stereocenters. The second kappa shape index (κ2) is 6.68. The molecule has 0 spiro atoms. The van der Waals surface area contributed by atoms with Gasteiger partial charge in [-0.1, -0.05) is 24.3 Å². The van der Waals surface area contributed by atoms with Gasteiger partial charge in [-0.25, -0.2) is 13.8 Å². The van der Waals surface area contributed by atoms with E-state index in [4.69, 9.17) is 4.74 Å². The van der Waals surface area contributed by atoms with Gasteiger partial charge in [-0.2, -0.15) is 0 Å². The number of nitrogens with zero attached hydrogens (tertiary/aromatic N) is 1. The molecule has 1 saturated carbocycles. The van der Waals surface area contributed by atoms with Gasteiger partial charge in [-0.05, 0) is 42.2 Å². The second-order valence-corrected chi connectivity index (χ2v) is 7.57. The topological polar surface area (TPSA) is 34.1 Å². The van der Waals surface area contributed by atoms with Crippen molar-refractivity contribution in [2.45, 2.75) is 24.8 Å². The zero-order chi connectivity index (χ0) is 18.1. The van der Waals surface area contributed by atoms with Gasteiger partial charge >= 0.3 is 0 Å². The van der Waals surface area contributed by atoms with E-state index in [0.29, 0.717) is 0 Å². The Balaban J connectivity index is 1.51. The molecule has 1 heterocycles. The molecule has 1 aliphatic rings. The van der Waals surface area contributed by atoms with Crippen LogP contribution in [-0.2, 0) is 12.0 Å². The summed E-state index contributed by atoms with van der Waals surface area (Å²) < 4.78 is 32.2. The third kappa shape index (κ3) is 3.29. The molecular formula is C20H18F2N2OS. The van der Waals surface area contributed by atoms with Gasteiger partial charge in [0.15, 0.2) is 16.8 Å². The van der Waals surface area contributed by atoms with Crippen LogP contribution in [0.4, 0.5) is 13.9 Å². The van der Waals surface area contributed by atoms with Gasteiger partial charge in [0, 0.05) is 17.5 Å². The van der Waals surface area contributed by atoms with Crippen molar-refractivity contribution in [3.05, 3.63) is 76.3 Å². The Kier molecular flexibility index (Phi) is 4.36. The fraction of sp³-hybridized carbons (Fsp3) is 0.250. The Bertz CT molecular complexity index is 937. The van der Waals surface area contributed by atoms with E-state index >= 15 is 0 Å². The normalized spacial score (nSPS) is 14.9. The predicted molar refractivity (Wildman–Crippen MR) is 98.8 cm³/mol. The molecule has 0 aliphatic heterocycles. The molecular weight excluding hydrogens is 354 g/mol. The van der Waals surface area contributed by atoms with Gasteiger partial charge in [0.1, 0.15) is 5.75 Å². The lowest BCUT2D eigenvalue weighted by Gasteiger charge is -2.17. The highest BCUT2D eigenvalue weighted by Gasteiger charge is 2.45. The number of hydrogen-bond donors (Lipinski definition) is 1. The summed E-state index contributed by atoms with van der Waals surface area (Å²) in [5.74, 6) is -0.777. The molecule has 6 heteroatoms. The first-order valence-electron chi connectivity index (χ1n) is 8.40. The van der Waals surface area contributed by atoms with E-state index in [2.05, 4.69) is 10.3 Å². The van der Waals surface area contributed by atoms with Crippen LogP contribution in [0.3, 0.4) is 0 Å². The highest BCUT2D eigenvalue weighted by atomic mass is 32.1. The average molecular weight is 372 g/mol. The van der Waals surface area contributed by atoms with Gasteiger partial charge < -0.3 is 10.1 Å². The van der Waals surface area contributed by atoms with E-state index in [1.54, 1.807) is 24.5 Å². The van der Waals surface area contributed by atoms with Crippen molar-refractivity contribution < 1.29 is 13.5 Å². The maximum atomic E-state index is 13.6. The Morgan fingerprint density at radius 3 is 2.69 bits per heavy atom. The van der Waals surface area contributed by atoms with Crippen LogP contribution < -0.4 is 10.1 Å². The number of para-hydroxylation sites is 1. The van der Waals surface area contributed by atoms with Crippen molar-refractivity contribution >= 4 is 16.5 Å². The number of thiazole rings is 1. The summed E-state index contributed by atoms with van der Waals surface area (Å²) in [4.78, 5) is 5.57. The maximum Gasteiger partial charge on any atom is 0.183 e. The molecule has 2 aromatic carbocycles. The Hall–Kier alpha value is -2.47. The quantitative estimate of drug-likeness (QED) is 0.652. The van der Waals surface area contributed by atoms with Crippen molar-refractivity contribution in [3.8, 4) is 5.75 Å². The number of hydrogen-bond acceptors (Lipinski definition) is 4. The molecule has 1 N–H and O–H groups in total. The van der Waals surface area contributed by atoms with E-state index < -0.39 is 11.6 Å². The van der Waals surface area contributed by atoms with E-state index in [1.807, 2.05) is 30.5 Å². The summed E-state index contributed by atoms with van der Waals surface area (Å²) in [6, 6.07) is 12.0. The minimum absolute atomic E-state index is 0.339. The van der Waals surface area contributed by atoms with Crippen molar-refractivity contribution in [2.75, 3.05) is 12.4 Å². The van der Waals surface area contributed by atoms with Crippen molar-refractivity contribution in [1.82, 2.24) is 4.98 Å². The zero-order valence-corrected chi connectivity index (χ0v) is 15.1. The summed E-state index contributed by atoms with van der Waals surface area (Å²) in [5.41, 5.74) is 1.53.